The molecule has 1 aliphatic heterocycles. The van der Waals surface area contributed by atoms with E-state index in [4.69, 9.17) is 9.84 Å². The smallest absolute Gasteiger partial charge is 0.0577 e. The first-order valence-corrected chi connectivity index (χ1v) is 5.05. The third-order valence-corrected chi connectivity index (χ3v) is 2.56. The van der Waals surface area contributed by atoms with E-state index >= 15 is 0 Å². The fourth-order valence-electron chi connectivity index (χ4n) is 1.76. The van der Waals surface area contributed by atoms with Crippen LogP contribution in [0.2, 0.25) is 0 Å². The van der Waals surface area contributed by atoms with Gasteiger partial charge in [0.25, 0.3) is 0 Å². The standard InChI is InChI=1S/C10H20O2/c1-9-5-7-12-10(8-9)4-2-3-6-11/h9-11H,2-8H2,1H3/t9-,10-/m0/s1. The van der Waals surface area contributed by atoms with Gasteiger partial charge in [0.1, 0.15) is 0 Å². The van der Waals surface area contributed by atoms with Crippen LogP contribution in [0, 0.1) is 5.92 Å². The minimum Gasteiger partial charge on any atom is -0.396 e. The van der Waals surface area contributed by atoms with Crippen LogP contribution in [0.5, 0.6) is 0 Å². The van der Waals surface area contributed by atoms with Gasteiger partial charge >= 0.3 is 0 Å². The summed E-state index contributed by atoms with van der Waals surface area (Å²) in [6.07, 6.45) is 6.06. The van der Waals surface area contributed by atoms with Gasteiger partial charge in [-0.1, -0.05) is 6.92 Å². The Morgan fingerprint density at radius 2 is 2.25 bits per heavy atom. The summed E-state index contributed by atoms with van der Waals surface area (Å²) in [4.78, 5) is 0. The molecule has 0 aromatic heterocycles. The quantitative estimate of drug-likeness (QED) is 0.657. The molecule has 1 heterocycles. The molecule has 2 nitrogen and oxygen atoms in total. The van der Waals surface area contributed by atoms with Crippen molar-refractivity contribution in [2.75, 3.05) is 13.2 Å². The molecule has 0 spiro atoms. The van der Waals surface area contributed by atoms with Crippen LogP contribution in [0.1, 0.15) is 39.0 Å². The highest BCUT2D eigenvalue weighted by molar-refractivity contribution is 4.68. The molecule has 12 heavy (non-hydrogen) atoms. The highest BCUT2D eigenvalue weighted by Crippen LogP contribution is 2.22. The number of unbranched alkanes of at least 4 members (excludes halogenated alkanes) is 1. The van der Waals surface area contributed by atoms with E-state index in [1.165, 1.54) is 12.8 Å². The van der Waals surface area contributed by atoms with Gasteiger partial charge in [0.15, 0.2) is 0 Å². The summed E-state index contributed by atoms with van der Waals surface area (Å²) in [6, 6.07) is 0. The van der Waals surface area contributed by atoms with Gasteiger partial charge in [0.05, 0.1) is 6.10 Å². The fourth-order valence-corrected chi connectivity index (χ4v) is 1.76. The number of rotatable bonds is 4. The van der Waals surface area contributed by atoms with E-state index in [1.54, 1.807) is 0 Å². The summed E-state index contributed by atoms with van der Waals surface area (Å²) >= 11 is 0. The second-order valence-corrected chi connectivity index (χ2v) is 3.84. The Morgan fingerprint density at radius 3 is 2.92 bits per heavy atom. The highest BCUT2D eigenvalue weighted by atomic mass is 16.5. The summed E-state index contributed by atoms with van der Waals surface area (Å²) in [5.74, 6) is 0.831. The lowest BCUT2D eigenvalue weighted by Crippen LogP contribution is -2.24. The third-order valence-electron chi connectivity index (χ3n) is 2.56. The van der Waals surface area contributed by atoms with Crippen molar-refractivity contribution >= 4 is 0 Å². The molecule has 72 valence electrons. The van der Waals surface area contributed by atoms with Crippen LogP contribution in [0.15, 0.2) is 0 Å². The zero-order valence-electron chi connectivity index (χ0n) is 7.96. The maximum atomic E-state index is 8.61. The average Bonchev–Trinajstić information content (AvgIpc) is 2.05. The summed E-state index contributed by atoms with van der Waals surface area (Å²) < 4.78 is 5.61. The molecule has 2 atom stereocenters. The van der Waals surface area contributed by atoms with E-state index in [0.29, 0.717) is 12.7 Å². The molecule has 0 aliphatic carbocycles. The molecular formula is C10H20O2. The maximum absolute atomic E-state index is 8.61. The number of hydrogen-bond acceptors (Lipinski definition) is 2. The minimum atomic E-state index is 0.322. The minimum absolute atomic E-state index is 0.322. The number of ether oxygens (including phenoxy) is 1. The molecule has 0 unspecified atom stereocenters. The lowest BCUT2D eigenvalue weighted by atomic mass is 9.95. The molecule has 0 radical (unpaired) electrons. The molecule has 0 aromatic carbocycles. The van der Waals surface area contributed by atoms with Crippen LogP contribution >= 0.6 is 0 Å². The van der Waals surface area contributed by atoms with E-state index in [9.17, 15) is 0 Å². The monoisotopic (exact) mass is 172 g/mol. The number of aliphatic hydroxyl groups is 1. The van der Waals surface area contributed by atoms with Crippen molar-refractivity contribution < 1.29 is 9.84 Å². The van der Waals surface area contributed by atoms with E-state index in [0.717, 1.165) is 31.8 Å². The van der Waals surface area contributed by atoms with E-state index in [2.05, 4.69) is 6.92 Å². The van der Waals surface area contributed by atoms with Gasteiger partial charge in [-0.2, -0.15) is 0 Å². The van der Waals surface area contributed by atoms with Crippen molar-refractivity contribution in [1.29, 1.82) is 0 Å². The molecule has 0 saturated carbocycles. The van der Waals surface area contributed by atoms with Crippen LogP contribution < -0.4 is 0 Å². The van der Waals surface area contributed by atoms with Gasteiger partial charge < -0.3 is 9.84 Å². The van der Waals surface area contributed by atoms with Crippen molar-refractivity contribution in [2.45, 2.75) is 45.1 Å². The molecule has 2 heteroatoms. The Morgan fingerprint density at radius 1 is 1.42 bits per heavy atom. The van der Waals surface area contributed by atoms with Crippen LogP contribution in [0.4, 0.5) is 0 Å². The molecule has 1 fully saturated rings. The van der Waals surface area contributed by atoms with Gasteiger partial charge in [-0.05, 0) is 38.0 Å². The lowest BCUT2D eigenvalue weighted by molar-refractivity contribution is -0.0109. The maximum Gasteiger partial charge on any atom is 0.0577 e. The van der Waals surface area contributed by atoms with Gasteiger partial charge in [0.2, 0.25) is 0 Å². The SMILES string of the molecule is C[C@H]1CCO[C@@H](CCCCO)C1. The first kappa shape index (κ1) is 10.0. The van der Waals surface area contributed by atoms with Crippen LogP contribution in [0.3, 0.4) is 0 Å². The Bertz CT molecular complexity index is 114. The second kappa shape index (κ2) is 5.55. The van der Waals surface area contributed by atoms with Crippen LogP contribution in [-0.2, 0) is 4.74 Å². The van der Waals surface area contributed by atoms with Crippen molar-refractivity contribution in [3.8, 4) is 0 Å². The molecule has 0 amide bonds. The van der Waals surface area contributed by atoms with Crippen molar-refractivity contribution in [3.05, 3.63) is 0 Å². The number of aliphatic hydroxyl groups excluding tert-OH is 1. The summed E-state index contributed by atoms with van der Waals surface area (Å²) in [5.41, 5.74) is 0. The molecule has 1 N–H and O–H groups in total. The normalized spacial score (nSPS) is 30.5. The van der Waals surface area contributed by atoms with Gasteiger partial charge in [-0.15, -0.1) is 0 Å². The zero-order chi connectivity index (χ0) is 8.81. The van der Waals surface area contributed by atoms with Crippen molar-refractivity contribution in [3.63, 3.8) is 0 Å². The first-order chi connectivity index (χ1) is 5.83. The van der Waals surface area contributed by atoms with Crippen molar-refractivity contribution in [2.24, 2.45) is 5.92 Å². The molecule has 1 aliphatic rings. The van der Waals surface area contributed by atoms with E-state index in [-0.39, 0.29) is 0 Å². The average molecular weight is 172 g/mol. The molecule has 1 saturated heterocycles. The molecule has 1 rings (SSSR count). The summed E-state index contributed by atoms with van der Waals surface area (Å²) in [5, 5.41) is 8.61. The van der Waals surface area contributed by atoms with Gasteiger partial charge in [0, 0.05) is 13.2 Å². The Hall–Kier alpha value is -0.0800. The highest BCUT2D eigenvalue weighted by Gasteiger charge is 2.18. The Labute approximate surface area is 74.9 Å². The molecule has 0 aromatic rings. The van der Waals surface area contributed by atoms with Crippen LogP contribution in [0.25, 0.3) is 0 Å². The second-order valence-electron chi connectivity index (χ2n) is 3.84. The third kappa shape index (κ3) is 3.55. The Balaban J connectivity index is 2.06. The molecule has 0 bridgehead atoms. The fraction of sp³-hybridized carbons (Fsp3) is 1.00. The molecular weight excluding hydrogens is 152 g/mol. The Kier molecular flexibility index (Phi) is 4.62. The predicted octanol–water partition coefficient (Wildman–Crippen LogP) is 1.96. The lowest BCUT2D eigenvalue weighted by Gasteiger charge is -2.27. The van der Waals surface area contributed by atoms with Crippen molar-refractivity contribution in [1.82, 2.24) is 0 Å². The first-order valence-electron chi connectivity index (χ1n) is 5.05. The predicted molar refractivity (Wildman–Crippen MR) is 49.1 cm³/mol. The van der Waals surface area contributed by atoms with Gasteiger partial charge in [-0.25, -0.2) is 0 Å². The van der Waals surface area contributed by atoms with E-state index in [1.807, 2.05) is 0 Å². The zero-order valence-corrected chi connectivity index (χ0v) is 7.96. The summed E-state index contributed by atoms with van der Waals surface area (Å²) in [7, 11) is 0. The van der Waals surface area contributed by atoms with Gasteiger partial charge in [-0.3, -0.25) is 0 Å². The summed E-state index contributed by atoms with van der Waals surface area (Å²) in [6.45, 7) is 3.55. The van der Waals surface area contributed by atoms with Crippen LogP contribution in [-0.4, -0.2) is 24.4 Å². The number of hydrogen-bond donors (Lipinski definition) is 1. The largest absolute Gasteiger partial charge is 0.396 e. The van der Waals surface area contributed by atoms with E-state index < -0.39 is 0 Å². The topological polar surface area (TPSA) is 29.5 Å².